The molecule has 1 aromatic carbocycles. The van der Waals surface area contributed by atoms with Crippen molar-refractivity contribution in [3.05, 3.63) is 23.8 Å². The van der Waals surface area contributed by atoms with Crippen LogP contribution in [0.1, 0.15) is 24.8 Å². The molecule has 1 saturated heterocycles. The maximum Gasteiger partial charge on any atom is 0.301 e. The van der Waals surface area contributed by atoms with Crippen LogP contribution in [-0.4, -0.2) is 44.1 Å². The molecule has 118 valence electrons. The third-order valence-corrected chi connectivity index (χ3v) is 5.33. The minimum absolute atomic E-state index is 0.150. The summed E-state index contributed by atoms with van der Waals surface area (Å²) in [5.74, 6) is 0.712. The summed E-state index contributed by atoms with van der Waals surface area (Å²) in [4.78, 5) is 0. The highest BCUT2D eigenvalue weighted by Crippen LogP contribution is 2.25. The van der Waals surface area contributed by atoms with Crippen LogP contribution in [0.3, 0.4) is 0 Å². The molecule has 0 saturated carbocycles. The minimum Gasteiger partial charge on any atom is -0.496 e. The van der Waals surface area contributed by atoms with Gasteiger partial charge in [-0.05, 0) is 43.5 Å². The first-order valence-electron chi connectivity index (χ1n) is 7.03. The highest BCUT2D eigenvalue weighted by Gasteiger charge is 2.31. The summed E-state index contributed by atoms with van der Waals surface area (Å²) in [6.07, 6.45) is 2.46. The topological polar surface area (TPSA) is 78.9 Å². The number of aryl methyl sites for hydroxylation is 1. The van der Waals surface area contributed by atoms with E-state index in [0.29, 0.717) is 24.4 Å². The highest BCUT2D eigenvalue weighted by atomic mass is 32.2. The zero-order chi connectivity index (χ0) is 15.5. The van der Waals surface area contributed by atoms with E-state index in [9.17, 15) is 13.5 Å². The minimum atomic E-state index is -3.65. The number of rotatable bonds is 5. The maximum atomic E-state index is 12.5. The van der Waals surface area contributed by atoms with E-state index in [-0.39, 0.29) is 12.6 Å². The van der Waals surface area contributed by atoms with E-state index in [1.807, 2.05) is 6.92 Å². The SMILES string of the molecule is COc1ccc(NS(=O)(=O)N2CCCCC2CO)cc1C. The van der Waals surface area contributed by atoms with Gasteiger partial charge in [-0.15, -0.1) is 0 Å². The second-order valence-corrected chi connectivity index (χ2v) is 6.86. The van der Waals surface area contributed by atoms with Crippen molar-refractivity contribution in [2.45, 2.75) is 32.2 Å². The summed E-state index contributed by atoms with van der Waals surface area (Å²) in [5, 5.41) is 9.35. The largest absolute Gasteiger partial charge is 0.496 e. The lowest BCUT2D eigenvalue weighted by Gasteiger charge is -2.33. The first kappa shape index (κ1) is 16.1. The number of methoxy groups -OCH3 is 1. The van der Waals surface area contributed by atoms with Crippen LogP contribution in [0.25, 0.3) is 0 Å². The fraction of sp³-hybridized carbons (Fsp3) is 0.571. The van der Waals surface area contributed by atoms with E-state index in [1.165, 1.54) is 4.31 Å². The van der Waals surface area contributed by atoms with Gasteiger partial charge in [0.05, 0.1) is 19.4 Å². The summed E-state index contributed by atoms with van der Waals surface area (Å²) >= 11 is 0. The Hall–Kier alpha value is -1.31. The molecule has 1 aliphatic rings. The second kappa shape index (κ2) is 6.64. The average Bonchev–Trinajstić information content (AvgIpc) is 2.47. The lowest BCUT2D eigenvalue weighted by Crippen LogP contribution is -2.47. The number of benzene rings is 1. The van der Waals surface area contributed by atoms with Gasteiger partial charge in [0.2, 0.25) is 0 Å². The number of ether oxygens (including phenoxy) is 1. The van der Waals surface area contributed by atoms with Crippen molar-refractivity contribution in [3.63, 3.8) is 0 Å². The predicted octanol–water partition coefficient (Wildman–Crippen LogP) is 1.51. The molecule has 0 bridgehead atoms. The molecular weight excluding hydrogens is 292 g/mol. The fourth-order valence-corrected chi connectivity index (χ4v) is 4.10. The summed E-state index contributed by atoms with van der Waals surface area (Å²) in [7, 11) is -2.08. The summed E-state index contributed by atoms with van der Waals surface area (Å²) < 4.78 is 34.0. The maximum absolute atomic E-state index is 12.5. The van der Waals surface area contributed by atoms with Crippen molar-refractivity contribution in [1.29, 1.82) is 0 Å². The van der Waals surface area contributed by atoms with Crippen LogP contribution in [-0.2, 0) is 10.2 Å². The van der Waals surface area contributed by atoms with Crippen LogP contribution >= 0.6 is 0 Å². The first-order valence-corrected chi connectivity index (χ1v) is 8.47. The van der Waals surface area contributed by atoms with E-state index in [2.05, 4.69) is 4.72 Å². The summed E-state index contributed by atoms with van der Waals surface area (Å²) in [5.41, 5.74) is 1.35. The summed E-state index contributed by atoms with van der Waals surface area (Å²) in [6.45, 7) is 2.15. The second-order valence-electron chi connectivity index (χ2n) is 5.23. The van der Waals surface area contributed by atoms with Gasteiger partial charge in [0.15, 0.2) is 0 Å². The van der Waals surface area contributed by atoms with Crippen molar-refractivity contribution in [1.82, 2.24) is 4.31 Å². The smallest absolute Gasteiger partial charge is 0.301 e. The monoisotopic (exact) mass is 314 g/mol. The fourth-order valence-electron chi connectivity index (χ4n) is 2.62. The van der Waals surface area contributed by atoms with E-state index in [0.717, 1.165) is 18.4 Å². The third-order valence-electron chi connectivity index (χ3n) is 3.73. The molecule has 2 N–H and O–H groups in total. The van der Waals surface area contributed by atoms with E-state index >= 15 is 0 Å². The van der Waals surface area contributed by atoms with Crippen molar-refractivity contribution in [2.75, 3.05) is 25.0 Å². The van der Waals surface area contributed by atoms with Gasteiger partial charge in [-0.3, -0.25) is 4.72 Å². The van der Waals surface area contributed by atoms with Crippen LogP contribution in [0.15, 0.2) is 18.2 Å². The number of nitrogens with zero attached hydrogens (tertiary/aromatic N) is 1. The number of piperidine rings is 1. The predicted molar refractivity (Wildman–Crippen MR) is 81.7 cm³/mol. The molecule has 2 rings (SSSR count). The number of anilines is 1. The Morgan fingerprint density at radius 3 is 2.81 bits per heavy atom. The van der Waals surface area contributed by atoms with E-state index < -0.39 is 10.2 Å². The van der Waals surface area contributed by atoms with Gasteiger partial charge < -0.3 is 9.84 Å². The van der Waals surface area contributed by atoms with Crippen LogP contribution in [0.5, 0.6) is 5.75 Å². The molecule has 1 heterocycles. The number of aliphatic hydroxyl groups excluding tert-OH is 1. The Labute approximate surface area is 125 Å². The standard InChI is InChI=1S/C14H22N2O4S/c1-11-9-12(6-7-14(11)20-2)15-21(18,19)16-8-4-3-5-13(16)10-17/h6-7,9,13,15,17H,3-5,8,10H2,1-2H3. The van der Waals surface area contributed by atoms with Crippen molar-refractivity contribution in [2.24, 2.45) is 0 Å². The first-order chi connectivity index (χ1) is 9.97. The molecule has 0 radical (unpaired) electrons. The molecule has 7 heteroatoms. The molecular formula is C14H22N2O4S. The van der Waals surface area contributed by atoms with Gasteiger partial charge >= 0.3 is 10.2 Å². The molecule has 1 unspecified atom stereocenters. The third kappa shape index (κ3) is 3.66. The molecule has 1 fully saturated rings. The van der Waals surface area contributed by atoms with Gasteiger partial charge in [-0.25, -0.2) is 0 Å². The molecule has 1 aromatic rings. The number of nitrogens with one attached hydrogen (secondary N) is 1. The van der Waals surface area contributed by atoms with Gasteiger partial charge in [0, 0.05) is 12.6 Å². The van der Waals surface area contributed by atoms with Crippen molar-refractivity contribution >= 4 is 15.9 Å². The zero-order valence-electron chi connectivity index (χ0n) is 12.4. The Balaban J connectivity index is 2.18. The van der Waals surface area contributed by atoms with E-state index in [4.69, 9.17) is 4.74 Å². The molecule has 0 spiro atoms. The van der Waals surface area contributed by atoms with Gasteiger partial charge in [-0.1, -0.05) is 6.42 Å². The molecule has 0 aliphatic carbocycles. The van der Waals surface area contributed by atoms with Crippen LogP contribution in [0.2, 0.25) is 0 Å². The average molecular weight is 314 g/mol. The van der Waals surface area contributed by atoms with Gasteiger partial charge in [-0.2, -0.15) is 12.7 Å². The van der Waals surface area contributed by atoms with Crippen molar-refractivity contribution < 1.29 is 18.3 Å². The Kier molecular flexibility index (Phi) is 5.08. The van der Waals surface area contributed by atoms with Gasteiger partial charge in [0.1, 0.15) is 5.75 Å². The quantitative estimate of drug-likeness (QED) is 0.863. The Morgan fingerprint density at radius 2 is 2.19 bits per heavy atom. The lowest BCUT2D eigenvalue weighted by atomic mass is 10.1. The molecule has 1 aliphatic heterocycles. The molecule has 0 amide bonds. The normalized spacial score (nSPS) is 20.2. The van der Waals surface area contributed by atoms with Crippen LogP contribution < -0.4 is 9.46 Å². The van der Waals surface area contributed by atoms with Crippen LogP contribution in [0.4, 0.5) is 5.69 Å². The number of hydrogen-bond acceptors (Lipinski definition) is 4. The van der Waals surface area contributed by atoms with Crippen molar-refractivity contribution in [3.8, 4) is 5.75 Å². The number of aliphatic hydroxyl groups is 1. The van der Waals surface area contributed by atoms with Crippen LogP contribution in [0, 0.1) is 6.92 Å². The Morgan fingerprint density at radius 1 is 1.43 bits per heavy atom. The lowest BCUT2D eigenvalue weighted by molar-refractivity contribution is 0.156. The van der Waals surface area contributed by atoms with Gasteiger partial charge in [0.25, 0.3) is 0 Å². The zero-order valence-corrected chi connectivity index (χ0v) is 13.2. The number of hydrogen-bond donors (Lipinski definition) is 2. The van der Waals surface area contributed by atoms with E-state index in [1.54, 1.807) is 25.3 Å². The molecule has 21 heavy (non-hydrogen) atoms. The molecule has 0 aromatic heterocycles. The summed E-state index contributed by atoms with van der Waals surface area (Å²) in [6, 6.07) is 4.79. The molecule has 1 atom stereocenters. The highest BCUT2D eigenvalue weighted by molar-refractivity contribution is 7.90. The molecule has 6 nitrogen and oxygen atoms in total. The Bertz CT molecular complexity index is 589.